The summed E-state index contributed by atoms with van der Waals surface area (Å²) in [6, 6.07) is 14.2. The van der Waals surface area contributed by atoms with Crippen molar-refractivity contribution in [3.05, 3.63) is 69.0 Å². The summed E-state index contributed by atoms with van der Waals surface area (Å²) in [5.74, 6) is -1.12. The first-order chi connectivity index (χ1) is 12.5. The average molecular weight is 452 g/mol. The summed E-state index contributed by atoms with van der Waals surface area (Å²) < 4.78 is 5.96. The molecule has 0 aliphatic carbocycles. The maximum Gasteiger partial charge on any atom is 0.340 e. The van der Waals surface area contributed by atoms with Crippen molar-refractivity contribution in [2.45, 2.75) is 0 Å². The van der Waals surface area contributed by atoms with Crippen LogP contribution in [-0.4, -0.2) is 23.5 Å². The molecule has 0 spiro atoms. The van der Waals surface area contributed by atoms with Crippen LogP contribution in [0.25, 0.3) is 11.3 Å². The van der Waals surface area contributed by atoms with Crippen LogP contribution in [0.1, 0.15) is 10.4 Å². The second kappa shape index (κ2) is 8.44. The van der Waals surface area contributed by atoms with Gasteiger partial charge in [0.1, 0.15) is 0 Å². The van der Waals surface area contributed by atoms with E-state index in [0.29, 0.717) is 5.13 Å². The SMILES string of the molecule is O=C(COC(=O)c1ccccc1Cl)Nc1nc(-c2ccc(Br)cc2)cs1. The predicted octanol–water partition coefficient (Wildman–Crippen LogP) is 5.02. The normalized spacial score (nSPS) is 10.4. The lowest BCUT2D eigenvalue weighted by atomic mass is 10.2. The monoisotopic (exact) mass is 450 g/mol. The molecule has 2 aromatic carbocycles. The molecule has 3 aromatic rings. The highest BCUT2D eigenvalue weighted by molar-refractivity contribution is 9.10. The summed E-state index contributed by atoms with van der Waals surface area (Å²) in [6.45, 7) is -0.419. The number of amides is 1. The van der Waals surface area contributed by atoms with E-state index >= 15 is 0 Å². The Hall–Kier alpha value is -2.22. The molecule has 0 atom stereocenters. The molecule has 0 radical (unpaired) electrons. The van der Waals surface area contributed by atoms with Crippen LogP contribution < -0.4 is 5.32 Å². The standard InChI is InChI=1S/C18H12BrClN2O3S/c19-12-7-5-11(6-8-12)15-10-26-18(21-15)22-16(23)9-25-17(24)13-3-1-2-4-14(13)20/h1-8,10H,9H2,(H,21,22,23). The number of benzene rings is 2. The van der Waals surface area contributed by atoms with Crippen LogP contribution in [0.15, 0.2) is 58.4 Å². The van der Waals surface area contributed by atoms with Gasteiger partial charge in [0, 0.05) is 15.4 Å². The Kier molecular flexibility index (Phi) is 6.03. The number of anilines is 1. The molecule has 0 saturated heterocycles. The molecule has 1 N–H and O–H groups in total. The van der Waals surface area contributed by atoms with Crippen LogP contribution in [0.4, 0.5) is 5.13 Å². The third kappa shape index (κ3) is 4.69. The zero-order valence-corrected chi connectivity index (χ0v) is 16.4. The van der Waals surface area contributed by atoms with Crippen molar-refractivity contribution in [1.29, 1.82) is 0 Å². The highest BCUT2D eigenvalue weighted by Gasteiger charge is 2.14. The lowest BCUT2D eigenvalue weighted by molar-refractivity contribution is -0.119. The fourth-order valence-electron chi connectivity index (χ4n) is 2.08. The van der Waals surface area contributed by atoms with E-state index in [2.05, 4.69) is 26.2 Å². The summed E-state index contributed by atoms with van der Waals surface area (Å²) in [5, 5.41) is 5.16. The first-order valence-electron chi connectivity index (χ1n) is 7.46. The number of ether oxygens (including phenoxy) is 1. The van der Waals surface area contributed by atoms with E-state index in [9.17, 15) is 9.59 Å². The van der Waals surface area contributed by atoms with E-state index in [1.165, 1.54) is 17.4 Å². The highest BCUT2D eigenvalue weighted by atomic mass is 79.9. The number of carbonyl (C=O) groups is 2. The van der Waals surface area contributed by atoms with Gasteiger partial charge in [-0.3, -0.25) is 10.1 Å². The van der Waals surface area contributed by atoms with Crippen LogP contribution in [0.5, 0.6) is 0 Å². The molecule has 0 bridgehead atoms. The zero-order valence-electron chi connectivity index (χ0n) is 13.2. The molecule has 1 heterocycles. The number of thiazole rings is 1. The van der Waals surface area contributed by atoms with Crippen molar-refractivity contribution in [2.75, 3.05) is 11.9 Å². The first kappa shape index (κ1) is 18.6. The van der Waals surface area contributed by atoms with Crippen LogP contribution >= 0.6 is 38.9 Å². The smallest absolute Gasteiger partial charge is 0.340 e. The van der Waals surface area contributed by atoms with Crippen molar-refractivity contribution in [3.63, 3.8) is 0 Å². The summed E-state index contributed by atoms with van der Waals surface area (Å²) in [4.78, 5) is 28.3. The molecular weight excluding hydrogens is 440 g/mol. The fraction of sp³-hybridized carbons (Fsp3) is 0.0556. The highest BCUT2D eigenvalue weighted by Crippen LogP contribution is 2.26. The molecule has 0 aliphatic heterocycles. The Morgan fingerprint density at radius 2 is 1.88 bits per heavy atom. The molecule has 1 aromatic heterocycles. The lowest BCUT2D eigenvalue weighted by Crippen LogP contribution is -2.21. The van der Waals surface area contributed by atoms with Crippen LogP contribution in [0.2, 0.25) is 5.02 Å². The molecule has 132 valence electrons. The molecule has 0 saturated carbocycles. The molecule has 5 nitrogen and oxygen atoms in total. The largest absolute Gasteiger partial charge is 0.452 e. The van der Waals surface area contributed by atoms with Gasteiger partial charge in [-0.15, -0.1) is 11.3 Å². The lowest BCUT2D eigenvalue weighted by Gasteiger charge is -2.05. The molecule has 1 amide bonds. The van der Waals surface area contributed by atoms with E-state index in [0.717, 1.165) is 15.7 Å². The number of aromatic nitrogens is 1. The molecule has 0 unspecified atom stereocenters. The molecule has 8 heteroatoms. The molecule has 3 rings (SSSR count). The second-order valence-electron chi connectivity index (χ2n) is 5.15. The van der Waals surface area contributed by atoms with Gasteiger partial charge in [-0.25, -0.2) is 9.78 Å². The van der Waals surface area contributed by atoms with E-state index in [-0.39, 0.29) is 10.6 Å². The fourth-order valence-corrected chi connectivity index (χ4v) is 3.29. The minimum Gasteiger partial charge on any atom is -0.452 e. The van der Waals surface area contributed by atoms with Gasteiger partial charge in [0.25, 0.3) is 5.91 Å². The van der Waals surface area contributed by atoms with Gasteiger partial charge in [0.05, 0.1) is 16.3 Å². The second-order valence-corrected chi connectivity index (χ2v) is 7.33. The Balaban J connectivity index is 1.56. The van der Waals surface area contributed by atoms with Crippen molar-refractivity contribution in [3.8, 4) is 11.3 Å². The van der Waals surface area contributed by atoms with E-state index in [1.807, 2.05) is 29.6 Å². The summed E-state index contributed by atoms with van der Waals surface area (Å²) in [6.07, 6.45) is 0. The number of esters is 1. The summed E-state index contributed by atoms with van der Waals surface area (Å²) >= 11 is 10.6. The summed E-state index contributed by atoms with van der Waals surface area (Å²) in [7, 11) is 0. The minimum atomic E-state index is -0.652. The maximum absolute atomic E-state index is 12.0. The average Bonchev–Trinajstić information content (AvgIpc) is 3.09. The van der Waals surface area contributed by atoms with Gasteiger partial charge in [0.15, 0.2) is 11.7 Å². The van der Waals surface area contributed by atoms with Crippen LogP contribution in [-0.2, 0) is 9.53 Å². The third-order valence-corrected chi connectivity index (χ3v) is 4.93. The number of hydrogen-bond donors (Lipinski definition) is 1. The molecule has 26 heavy (non-hydrogen) atoms. The van der Waals surface area contributed by atoms with Gasteiger partial charge in [-0.05, 0) is 24.3 Å². The van der Waals surface area contributed by atoms with Crippen molar-refractivity contribution in [1.82, 2.24) is 4.98 Å². The molecular formula is C18H12BrClN2O3S. The Morgan fingerprint density at radius 1 is 1.15 bits per heavy atom. The Bertz CT molecular complexity index is 944. The summed E-state index contributed by atoms with van der Waals surface area (Å²) in [5.41, 5.74) is 1.91. The van der Waals surface area contributed by atoms with Gasteiger partial charge in [-0.2, -0.15) is 0 Å². The topological polar surface area (TPSA) is 68.3 Å². The molecule has 0 aliphatic rings. The van der Waals surface area contributed by atoms with Gasteiger partial charge in [0.2, 0.25) is 0 Å². The van der Waals surface area contributed by atoms with Crippen LogP contribution in [0.3, 0.4) is 0 Å². The van der Waals surface area contributed by atoms with Crippen molar-refractivity contribution >= 4 is 55.9 Å². The number of nitrogens with one attached hydrogen (secondary N) is 1. The molecule has 0 fully saturated rings. The predicted molar refractivity (Wildman–Crippen MR) is 106 cm³/mol. The van der Waals surface area contributed by atoms with Crippen LogP contribution in [0, 0.1) is 0 Å². The van der Waals surface area contributed by atoms with Crippen molar-refractivity contribution < 1.29 is 14.3 Å². The third-order valence-electron chi connectivity index (χ3n) is 3.32. The Labute approximate surface area is 167 Å². The van der Waals surface area contributed by atoms with E-state index < -0.39 is 18.5 Å². The number of carbonyl (C=O) groups excluding carboxylic acids is 2. The van der Waals surface area contributed by atoms with Gasteiger partial charge < -0.3 is 4.74 Å². The van der Waals surface area contributed by atoms with Gasteiger partial charge in [-0.1, -0.05) is 51.8 Å². The number of hydrogen-bond acceptors (Lipinski definition) is 5. The maximum atomic E-state index is 12.0. The number of nitrogens with zero attached hydrogens (tertiary/aromatic N) is 1. The number of halogens is 2. The number of rotatable bonds is 5. The Morgan fingerprint density at radius 3 is 2.62 bits per heavy atom. The van der Waals surface area contributed by atoms with E-state index in [4.69, 9.17) is 16.3 Å². The van der Waals surface area contributed by atoms with Gasteiger partial charge >= 0.3 is 5.97 Å². The minimum absolute atomic E-state index is 0.216. The zero-order chi connectivity index (χ0) is 18.5. The quantitative estimate of drug-likeness (QED) is 0.553. The van der Waals surface area contributed by atoms with Crippen molar-refractivity contribution in [2.24, 2.45) is 0 Å². The first-order valence-corrected chi connectivity index (χ1v) is 9.51. The van der Waals surface area contributed by atoms with E-state index in [1.54, 1.807) is 18.2 Å².